The minimum Gasteiger partial charge on any atom is -0.368 e. The molecular formula is C12H13N3O. The van der Waals surface area contributed by atoms with Crippen molar-refractivity contribution in [1.29, 1.82) is 0 Å². The molecule has 82 valence electrons. The topological polar surface area (TPSA) is 60.9 Å². The number of carbonyl (C=O) groups excluding carboxylic acids is 1. The van der Waals surface area contributed by atoms with E-state index < -0.39 is 0 Å². The number of amides is 1. The van der Waals surface area contributed by atoms with Gasteiger partial charge in [0.25, 0.3) is 0 Å². The van der Waals surface area contributed by atoms with Crippen LogP contribution in [0.1, 0.15) is 5.56 Å². The van der Waals surface area contributed by atoms with Crippen molar-refractivity contribution in [3.8, 4) is 11.4 Å². The molecule has 4 nitrogen and oxygen atoms in total. The summed E-state index contributed by atoms with van der Waals surface area (Å²) in [6.07, 6.45) is 3.42. The number of imidazole rings is 1. The fourth-order valence-corrected chi connectivity index (χ4v) is 1.65. The van der Waals surface area contributed by atoms with Crippen LogP contribution < -0.4 is 5.73 Å². The Hall–Kier alpha value is -2.10. The normalized spacial score (nSPS) is 10.3. The number of primary amides is 1. The number of rotatable bonds is 3. The van der Waals surface area contributed by atoms with Crippen LogP contribution in [0.4, 0.5) is 0 Å². The van der Waals surface area contributed by atoms with Gasteiger partial charge in [0.2, 0.25) is 5.91 Å². The maximum absolute atomic E-state index is 10.9. The van der Waals surface area contributed by atoms with Crippen molar-refractivity contribution in [3.05, 3.63) is 42.2 Å². The second kappa shape index (κ2) is 4.18. The van der Waals surface area contributed by atoms with Gasteiger partial charge in [-0.25, -0.2) is 4.98 Å². The predicted octanol–water partition coefficient (Wildman–Crippen LogP) is 1.34. The van der Waals surface area contributed by atoms with Crippen LogP contribution in [-0.2, 0) is 11.3 Å². The molecule has 2 rings (SSSR count). The Kier molecular flexibility index (Phi) is 2.72. The lowest BCUT2D eigenvalue weighted by molar-refractivity contribution is -0.118. The van der Waals surface area contributed by atoms with Crippen molar-refractivity contribution in [3.63, 3.8) is 0 Å². The summed E-state index contributed by atoms with van der Waals surface area (Å²) in [5.74, 6) is 0.398. The predicted molar refractivity (Wildman–Crippen MR) is 61.6 cm³/mol. The molecule has 0 fully saturated rings. The molecular weight excluding hydrogens is 202 g/mol. The molecule has 0 aliphatic rings. The summed E-state index contributed by atoms with van der Waals surface area (Å²) in [5.41, 5.74) is 7.32. The maximum Gasteiger partial charge on any atom is 0.237 e. The van der Waals surface area contributed by atoms with Gasteiger partial charge in [0.15, 0.2) is 0 Å². The number of nitrogens with zero attached hydrogens (tertiary/aromatic N) is 2. The first-order valence-corrected chi connectivity index (χ1v) is 5.03. The monoisotopic (exact) mass is 215 g/mol. The fraction of sp³-hybridized carbons (Fsp3) is 0.167. The van der Waals surface area contributed by atoms with Crippen LogP contribution in [0.2, 0.25) is 0 Å². The SMILES string of the molecule is Cc1cccc(-c2nccn2CC(N)=O)c1. The average molecular weight is 215 g/mol. The van der Waals surface area contributed by atoms with E-state index in [-0.39, 0.29) is 12.5 Å². The standard InChI is InChI=1S/C12H13N3O/c1-9-3-2-4-10(7-9)12-14-5-6-15(12)8-11(13)16/h2-7H,8H2,1H3,(H2,13,16). The van der Waals surface area contributed by atoms with E-state index in [4.69, 9.17) is 5.73 Å². The van der Waals surface area contributed by atoms with Crippen molar-refractivity contribution >= 4 is 5.91 Å². The molecule has 4 heteroatoms. The van der Waals surface area contributed by atoms with Gasteiger partial charge < -0.3 is 10.3 Å². The number of nitrogens with two attached hydrogens (primary N) is 1. The van der Waals surface area contributed by atoms with E-state index in [0.717, 1.165) is 17.0 Å². The minimum absolute atomic E-state index is 0.156. The highest BCUT2D eigenvalue weighted by Crippen LogP contribution is 2.18. The molecule has 0 atom stereocenters. The summed E-state index contributed by atoms with van der Waals surface area (Å²) in [7, 11) is 0. The molecule has 0 unspecified atom stereocenters. The van der Waals surface area contributed by atoms with E-state index in [0.29, 0.717) is 0 Å². The molecule has 2 N–H and O–H groups in total. The first-order valence-electron chi connectivity index (χ1n) is 5.03. The lowest BCUT2D eigenvalue weighted by Crippen LogP contribution is -2.18. The molecule has 1 aromatic heterocycles. The smallest absolute Gasteiger partial charge is 0.237 e. The van der Waals surface area contributed by atoms with Gasteiger partial charge in [-0.1, -0.05) is 23.8 Å². The summed E-state index contributed by atoms with van der Waals surface area (Å²) >= 11 is 0. The highest BCUT2D eigenvalue weighted by atomic mass is 16.1. The lowest BCUT2D eigenvalue weighted by Gasteiger charge is -2.05. The number of benzene rings is 1. The van der Waals surface area contributed by atoms with Gasteiger partial charge in [-0.3, -0.25) is 4.79 Å². The third-order valence-electron chi connectivity index (χ3n) is 2.32. The highest BCUT2D eigenvalue weighted by molar-refractivity contribution is 5.74. The van der Waals surface area contributed by atoms with Gasteiger partial charge in [-0.05, 0) is 13.0 Å². The van der Waals surface area contributed by atoms with Gasteiger partial charge >= 0.3 is 0 Å². The van der Waals surface area contributed by atoms with Gasteiger partial charge in [-0.15, -0.1) is 0 Å². The van der Waals surface area contributed by atoms with Crippen molar-refractivity contribution in [1.82, 2.24) is 9.55 Å². The number of hydrogen-bond donors (Lipinski definition) is 1. The molecule has 16 heavy (non-hydrogen) atoms. The number of hydrogen-bond acceptors (Lipinski definition) is 2. The summed E-state index contributed by atoms with van der Waals surface area (Å²) < 4.78 is 1.75. The summed E-state index contributed by atoms with van der Waals surface area (Å²) in [6.45, 7) is 2.17. The Morgan fingerprint density at radius 1 is 1.50 bits per heavy atom. The molecule has 0 saturated heterocycles. The van der Waals surface area contributed by atoms with Crippen LogP contribution in [0, 0.1) is 6.92 Å². The molecule has 0 radical (unpaired) electrons. The van der Waals surface area contributed by atoms with E-state index >= 15 is 0 Å². The highest BCUT2D eigenvalue weighted by Gasteiger charge is 2.07. The van der Waals surface area contributed by atoms with Crippen molar-refractivity contribution in [2.75, 3.05) is 0 Å². The molecule has 2 aromatic rings. The van der Waals surface area contributed by atoms with E-state index in [1.54, 1.807) is 17.0 Å². The largest absolute Gasteiger partial charge is 0.368 e. The summed E-state index contributed by atoms with van der Waals surface area (Å²) in [5, 5.41) is 0. The Morgan fingerprint density at radius 3 is 3.00 bits per heavy atom. The Balaban J connectivity index is 2.40. The molecule has 0 saturated carbocycles. The molecule has 1 heterocycles. The van der Waals surface area contributed by atoms with E-state index in [9.17, 15) is 4.79 Å². The molecule has 0 aliphatic heterocycles. The molecule has 1 amide bonds. The Bertz CT molecular complexity index is 516. The van der Waals surface area contributed by atoms with Crippen LogP contribution in [0.5, 0.6) is 0 Å². The zero-order valence-electron chi connectivity index (χ0n) is 9.05. The number of aromatic nitrogens is 2. The Morgan fingerprint density at radius 2 is 2.31 bits per heavy atom. The lowest BCUT2D eigenvalue weighted by atomic mass is 10.1. The quantitative estimate of drug-likeness (QED) is 0.840. The minimum atomic E-state index is -0.369. The van der Waals surface area contributed by atoms with Gasteiger partial charge in [-0.2, -0.15) is 0 Å². The van der Waals surface area contributed by atoms with Gasteiger partial charge in [0.1, 0.15) is 12.4 Å². The number of aryl methyl sites for hydroxylation is 1. The van der Waals surface area contributed by atoms with Crippen molar-refractivity contribution in [2.24, 2.45) is 5.73 Å². The first kappa shape index (κ1) is 10.4. The van der Waals surface area contributed by atoms with Crippen LogP contribution in [0.15, 0.2) is 36.7 Å². The fourth-order valence-electron chi connectivity index (χ4n) is 1.65. The van der Waals surface area contributed by atoms with Crippen molar-refractivity contribution < 1.29 is 4.79 Å². The summed E-state index contributed by atoms with van der Waals surface area (Å²) in [6, 6.07) is 7.98. The van der Waals surface area contributed by atoms with Crippen LogP contribution in [-0.4, -0.2) is 15.5 Å². The first-order chi connectivity index (χ1) is 7.66. The van der Waals surface area contributed by atoms with Crippen LogP contribution >= 0.6 is 0 Å². The summed E-state index contributed by atoms with van der Waals surface area (Å²) in [4.78, 5) is 15.1. The average Bonchev–Trinajstić information content (AvgIpc) is 2.65. The second-order valence-corrected chi connectivity index (χ2v) is 3.71. The zero-order valence-corrected chi connectivity index (χ0v) is 9.05. The zero-order chi connectivity index (χ0) is 11.5. The molecule has 0 aliphatic carbocycles. The molecule has 0 bridgehead atoms. The third-order valence-corrected chi connectivity index (χ3v) is 2.32. The third kappa shape index (κ3) is 2.11. The van der Waals surface area contributed by atoms with E-state index in [1.807, 2.05) is 31.2 Å². The Labute approximate surface area is 93.7 Å². The number of carbonyl (C=O) groups is 1. The second-order valence-electron chi connectivity index (χ2n) is 3.71. The van der Waals surface area contributed by atoms with Gasteiger partial charge in [0.05, 0.1) is 0 Å². The van der Waals surface area contributed by atoms with Gasteiger partial charge in [0, 0.05) is 18.0 Å². The van der Waals surface area contributed by atoms with Crippen molar-refractivity contribution in [2.45, 2.75) is 13.5 Å². The maximum atomic E-state index is 10.9. The van der Waals surface area contributed by atoms with E-state index in [2.05, 4.69) is 4.98 Å². The molecule has 1 aromatic carbocycles. The van der Waals surface area contributed by atoms with Crippen LogP contribution in [0.25, 0.3) is 11.4 Å². The van der Waals surface area contributed by atoms with E-state index in [1.165, 1.54) is 0 Å². The van der Waals surface area contributed by atoms with Crippen LogP contribution in [0.3, 0.4) is 0 Å². The molecule has 0 spiro atoms.